The van der Waals surface area contributed by atoms with Gasteiger partial charge in [-0.25, -0.2) is 14.5 Å². The van der Waals surface area contributed by atoms with Crippen LogP contribution in [-0.4, -0.2) is 48.5 Å². The van der Waals surface area contributed by atoms with Crippen molar-refractivity contribution in [2.45, 2.75) is 6.92 Å². The molecule has 3 rings (SSSR count). The van der Waals surface area contributed by atoms with Crippen LogP contribution in [0.5, 0.6) is 0 Å². The lowest BCUT2D eigenvalue weighted by molar-refractivity contribution is 0.0524. The molecule has 2 aromatic rings. The Kier molecular flexibility index (Phi) is 4.06. The average Bonchev–Trinajstić information content (AvgIpc) is 2.56. The highest BCUT2D eigenvalue weighted by Crippen LogP contribution is 2.11. The van der Waals surface area contributed by atoms with E-state index < -0.39 is 5.97 Å². The van der Waals surface area contributed by atoms with Crippen LogP contribution in [0, 0.1) is 0 Å². The fraction of sp³-hybridized carbons (Fsp3) is 0.400. The van der Waals surface area contributed by atoms with Crippen molar-refractivity contribution in [2.24, 2.45) is 0 Å². The molecule has 0 amide bonds. The molecule has 116 valence electrons. The summed E-state index contributed by atoms with van der Waals surface area (Å²) in [4.78, 5) is 28.8. The molecule has 0 atom stereocenters. The molecule has 1 saturated heterocycles. The molecule has 0 unspecified atom stereocenters. The molecule has 0 N–H and O–H groups in total. The number of carbonyl (C=O) groups excluding carboxylic acids is 1. The first-order valence-electron chi connectivity index (χ1n) is 7.23. The summed E-state index contributed by atoms with van der Waals surface area (Å²) in [6.45, 7) is 4.44. The number of esters is 1. The smallest absolute Gasteiger partial charge is 0.343 e. The number of fused-ring (bicyclic) bond motifs is 1. The van der Waals surface area contributed by atoms with Crippen LogP contribution in [0.3, 0.4) is 0 Å². The van der Waals surface area contributed by atoms with E-state index in [9.17, 15) is 9.59 Å². The summed E-state index contributed by atoms with van der Waals surface area (Å²) in [6.07, 6.45) is 3.14. The third kappa shape index (κ3) is 2.55. The minimum Gasteiger partial charge on any atom is -0.462 e. The maximum Gasteiger partial charge on any atom is 0.343 e. The Morgan fingerprint density at radius 1 is 1.41 bits per heavy atom. The van der Waals surface area contributed by atoms with Crippen LogP contribution in [-0.2, 0) is 9.47 Å². The zero-order valence-corrected chi connectivity index (χ0v) is 12.3. The van der Waals surface area contributed by atoms with Gasteiger partial charge in [-0.15, -0.1) is 0 Å². The number of aromatic nitrogens is 2. The second-order valence-electron chi connectivity index (χ2n) is 4.88. The largest absolute Gasteiger partial charge is 0.462 e. The Hall–Kier alpha value is -2.41. The van der Waals surface area contributed by atoms with Gasteiger partial charge in [0.05, 0.1) is 38.3 Å². The number of morpholine rings is 1. The molecule has 0 aromatic carbocycles. The standard InChI is InChI=1S/C15H17N3O4/c1-2-22-15(20)12-10-18(17-6-8-21-9-7-17)14-11(13(12)19)4-3-5-16-14/h3-5,10H,2,6-9H2,1H3. The van der Waals surface area contributed by atoms with Crippen molar-refractivity contribution < 1.29 is 14.3 Å². The zero-order chi connectivity index (χ0) is 15.5. The van der Waals surface area contributed by atoms with E-state index in [4.69, 9.17) is 9.47 Å². The van der Waals surface area contributed by atoms with Crippen molar-refractivity contribution in [3.05, 3.63) is 40.3 Å². The molecule has 0 spiro atoms. The number of hydrogen-bond acceptors (Lipinski definition) is 6. The predicted molar refractivity (Wildman–Crippen MR) is 80.7 cm³/mol. The maximum atomic E-state index is 12.5. The van der Waals surface area contributed by atoms with Crippen molar-refractivity contribution in [1.29, 1.82) is 0 Å². The molecule has 2 aromatic heterocycles. The maximum absolute atomic E-state index is 12.5. The van der Waals surface area contributed by atoms with E-state index in [0.717, 1.165) is 0 Å². The molecule has 0 aliphatic carbocycles. The highest BCUT2D eigenvalue weighted by atomic mass is 16.5. The molecule has 7 nitrogen and oxygen atoms in total. The topological polar surface area (TPSA) is 73.7 Å². The fourth-order valence-corrected chi connectivity index (χ4v) is 2.48. The average molecular weight is 303 g/mol. The molecule has 22 heavy (non-hydrogen) atoms. The molecule has 3 heterocycles. The second kappa shape index (κ2) is 6.15. The summed E-state index contributed by atoms with van der Waals surface area (Å²) in [6, 6.07) is 3.35. The molecular weight excluding hydrogens is 286 g/mol. The lowest BCUT2D eigenvalue weighted by Gasteiger charge is -2.31. The van der Waals surface area contributed by atoms with Crippen molar-refractivity contribution in [3.8, 4) is 0 Å². The lowest BCUT2D eigenvalue weighted by atomic mass is 10.2. The van der Waals surface area contributed by atoms with E-state index >= 15 is 0 Å². The second-order valence-corrected chi connectivity index (χ2v) is 4.88. The van der Waals surface area contributed by atoms with Crippen LogP contribution in [0.4, 0.5) is 0 Å². The minimum atomic E-state index is -0.611. The van der Waals surface area contributed by atoms with E-state index in [1.807, 2.05) is 5.01 Å². The normalized spacial score (nSPS) is 15.0. The van der Waals surface area contributed by atoms with Crippen LogP contribution in [0.1, 0.15) is 17.3 Å². The Bertz CT molecular complexity index is 750. The summed E-state index contributed by atoms with van der Waals surface area (Å²) in [7, 11) is 0. The van der Waals surface area contributed by atoms with Gasteiger partial charge in [0.15, 0.2) is 5.65 Å². The molecule has 1 aliphatic rings. The van der Waals surface area contributed by atoms with Gasteiger partial charge in [0, 0.05) is 12.4 Å². The molecule has 1 aliphatic heterocycles. The molecular formula is C15H17N3O4. The van der Waals surface area contributed by atoms with Crippen LogP contribution >= 0.6 is 0 Å². The van der Waals surface area contributed by atoms with Gasteiger partial charge in [0.2, 0.25) is 5.43 Å². The molecule has 7 heteroatoms. The molecule has 0 radical (unpaired) electrons. The predicted octanol–water partition coefficient (Wildman–Crippen LogP) is 0.541. The lowest BCUT2D eigenvalue weighted by Crippen LogP contribution is -2.45. The van der Waals surface area contributed by atoms with Gasteiger partial charge in [-0.2, -0.15) is 0 Å². The van der Waals surface area contributed by atoms with E-state index in [-0.39, 0.29) is 17.6 Å². The van der Waals surface area contributed by atoms with Gasteiger partial charge in [-0.1, -0.05) is 0 Å². The first-order chi connectivity index (χ1) is 10.7. The van der Waals surface area contributed by atoms with Gasteiger partial charge in [0.1, 0.15) is 5.56 Å². The highest BCUT2D eigenvalue weighted by Gasteiger charge is 2.20. The Labute approximate surface area is 127 Å². The van der Waals surface area contributed by atoms with E-state index in [2.05, 4.69) is 4.98 Å². The van der Waals surface area contributed by atoms with Crippen molar-refractivity contribution in [3.63, 3.8) is 0 Å². The zero-order valence-electron chi connectivity index (χ0n) is 12.3. The molecule has 0 bridgehead atoms. The van der Waals surface area contributed by atoms with Gasteiger partial charge >= 0.3 is 5.97 Å². The Balaban J connectivity index is 2.19. The Morgan fingerprint density at radius 3 is 2.91 bits per heavy atom. The van der Waals surface area contributed by atoms with Gasteiger partial charge in [0.25, 0.3) is 0 Å². The number of hydrogen-bond donors (Lipinski definition) is 0. The van der Waals surface area contributed by atoms with Gasteiger partial charge in [-0.05, 0) is 19.1 Å². The quantitative estimate of drug-likeness (QED) is 0.771. The number of carbonyl (C=O) groups is 1. The number of nitrogens with zero attached hydrogens (tertiary/aromatic N) is 3. The summed E-state index contributed by atoms with van der Waals surface area (Å²) in [5.74, 6) is -0.611. The first kappa shape index (κ1) is 14.5. The summed E-state index contributed by atoms with van der Waals surface area (Å²) < 4.78 is 12.1. The SMILES string of the molecule is CCOC(=O)c1cn(N2CCOCC2)c2ncccc2c1=O. The van der Waals surface area contributed by atoms with Gasteiger partial charge < -0.3 is 14.5 Å². The van der Waals surface area contributed by atoms with Crippen molar-refractivity contribution in [2.75, 3.05) is 37.9 Å². The van der Waals surface area contributed by atoms with Crippen LogP contribution in [0.2, 0.25) is 0 Å². The molecule has 1 fully saturated rings. The Morgan fingerprint density at radius 2 is 2.18 bits per heavy atom. The molecule has 0 saturated carbocycles. The van der Waals surface area contributed by atoms with E-state index in [1.54, 1.807) is 29.9 Å². The number of ether oxygens (including phenoxy) is 2. The van der Waals surface area contributed by atoms with Crippen LogP contribution in [0.15, 0.2) is 29.3 Å². The van der Waals surface area contributed by atoms with Gasteiger partial charge in [-0.3, -0.25) is 4.79 Å². The van der Waals surface area contributed by atoms with Crippen molar-refractivity contribution >= 4 is 17.0 Å². The minimum absolute atomic E-state index is 0.0221. The summed E-state index contributed by atoms with van der Waals surface area (Å²) >= 11 is 0. The third-order valence-corrected chi connectivity index (χ3v) is 3.53. The van der Waals surface area contributed by atoms with Crippen molar-refractivity contribution in [1.82, 2.24) is 9.66 Å². The van der Waals surface area contributed by atoms with Crippen LogP contribution < -0.4 is 10.4 Å². The highest BCUT2D eigenvalue weighted by molar-refractivity contribution is 5.93. The third-order valence-electron chi connectivity index (χ3n) is 3.53. The summed E-state index contributed by atoms with van der Waals surface area (Å²) in [5, 5.41) is 2.40. The first-order valence-corrected chi connectivity index (χ1v) is 7.23. The number of rotatable bonds is 3. The summed E-state index contributed by atoms with van der Waals surface area (Å²) in [5.41, 5.74) is 0.197. The van der Waals surface area contributed by atoms with E-state index in [1.165, 1.54) is 6.20 Å². The number of pyridine rings is 2. The van der Waals surface area contributed by atoms with E-state index in [0.29, 0.717) is 37.3 Å². The monoisotopic (exact) mass is 303 g/mol. The fourth-order valence-electron chi connectivity index (χ4n) is 2.48. The van der Waals surface area contributed by atoms with Crippen LogP contribution in [0.25, 0.3) is 11.0 Å².